The zero-order valence-electron chi connectivity index (χ0n) is 63.1. The molecule has 0 aromatic heterocycles. The number of nitrogens with zero attached hydrogens (tertiary/aromatic N) is 1. The van der Waals surface area contributed by atoms with Gasteiger partial charge >= 0.3 is 5.97 Å². The highest BCUT2D eigenvalue weighted by molar-refractivity contribution is 7.45. The van der Waals surface area contributed by atoms with Crippen molar-refractivity contribution >= 4 is 19.7 Å². The summed E-state index contributed by atoms with van der Waals surface area (Å²) in [4.78, 5) is 40.4. The topological polar surface area (TPSA) is 114 Å². The van der Waals surface area contributed by atoms with E-state index >= 15 is 0 Å². The molecule has 1 amide bonds. The van der Waals surface area contributed by atoms with Crippen LogP contribution >= 0.6 is 7.82 Å². The van der Waals surface area contributed by atoms with E-state index in [0.29, 0.717) is 17.4 Å². The number of phosphoric acid groups is 1. The molecule has 0 heterocycles. The SMILES string of the molecule is CCCCCCCCCCCC/C=C/C(OC(=O)CCCCCCCCCCCCCCCCCCCCCCCCCCCCC)C(COP(=O)([O-])OCC[N+](C)(C)C)NC(=O)CCCCCCCCCCCCCCCCCCCCCCCCCCCCC. The molecule has 10 heteroatoms. The van der Waals surface area contributed by atoms with Gasteiger partial charge in [0, 0.05) is 12.8 Å². The van der Waals surface area contributed by atoms with Crippen LogP contribution in [0.25, 0.3) is 0 Å². The predicted molar refractivity (Wildman–Crippen MR) is 400 cm³/mol. The van der Waals surface area contributed by atoms with Crippen molar-refractivity contribution in [3.05, 3.63) is 12.2 Å². The number of nitrogens with one attached hydrogen (secondary N) is 1. The number of quaternary nitrogens is 1. The molecule has 0 rings (SSSR count). The molecule has 0 saturated carbocycles. The van der Waals surface area contributed by atoms with Crippen molar-refractivity contribution in [1.82, 2.24) is 5.32 Å². The lowest BCUT2D eigenvalue weighted by molar-refractivity contribution is -0.870. The molecule has 1 N–H and O–H groups in total. The number of unbranched alkanes of at least 4 members (excludes halogenated alkanes) is 62. The standard InChI is InChI=1S/C82H163N2O7P/c1-7-10-13-16-19-22-25-28-30-32-34-36-38-40-42-44-46-48-50-52-54-56-59-62-65-68-71-74-81(85)83-79(78-90-92(87,88)89-77-76-84(4,5)6)80(73-70-67-64-61-58-27-24-21-18-15-12-9-3)91-82(86)75-72-69-66-63-60-57-55-53-51-49-47-45-43-41-39-37-35-33-31-29-26-23-20-17-14-11-8-2/h70,73,79-80H,7-69,71-72,74-78H2,1-6H3,(H-,83,85,87,88)/b73-70+. The fourth-order valence-electron chi connectivity index (χ4n) is 13.1. The van der Waals surface area contributed by atoms with E-state index in [2.05, 4.69) is 26.1 Å². The van der Waals surface area contributed by atoms with E-state index < -0.39 is 20.0 Å². The third kappa shape index (κ3) is 73.0. The zero-order valence-corrected chi connectivity index (χ0v) is 64.0. The summed E-state index contributed by atoms with van der Waals surface area (Å²) in [6.45, 7) is 6.95. The molecular weight excluding hydrogens is 1160 g/mol. The molecule has 3 unspecified atom stereocenters. The summed E-state index contributed by atoms with van der Waals surface area (Å²) in [5, 5.41) is 3.07. The van der Waals surface area contributed by atoms with Crippen LogP contribution in [0.4, 0.5) is 0 Å². The van der Waals surface area contributed by atoms with E-state index in [0.717, 1.165) is 57.8 Å². The highest BCUT2D eigenvalue weighted by Crippen LogP contribution is 2.38. The summed E-state index contributed by atoms with van der Waals surface area (Å²) in [5.74, 6) is -0.507. The fourth-order valence-corrected chi connectivity index (χ4v) is 13.8. The van der Waals surface area contributed by atoms with Crippen molar-refractivity contribution in [1.29, 1.82) is 0 Å². The Morgan fingerprint density at radius 3 is 0.891 bits per heavy atom. The van der Waals surface area contributed by atoms with Crippen LogP contribution < -0.4 is 10.2 Å². The second-order valence-corrected chi connectivity index (χ2v) is 31.4. The second-order valence-electron chi connectivity index (χ2n) is 30.0. The van der Waals surface area contributed by atoms with Crippen molar-refractivity contribution < 1.29 is 37.3 Å². The maximum atomic E-state index is 13.7. The highest BCUT2D eigenvalue weighted by Gasteiger charge is 2.27. The molecule has 0 aliphatic heterocycles. The number of amides is 1. The lowest BCUT2D eigenvalue weighted by Gasteiger charge is -2.30. The minimum Gasteiger partial charge on any atom is -0.756 e. The van der Waals surface area contributed by atoms with E-state index in [-0.39, 0.29) is 31.5 Å². The molecule has 0 radical (unpaired) electrons. The van der Waals surface area contributed by atoms with Crippen molar-refractivity contribution in [2.24, 2.45) is 0 Å². The Morgan fingerprint density at radius 2 is 0.620 bits per heavy atom. The minimum atomic E-state index is -4.70. The van der Waals surface area contributed by atoms with Crippen LogP contribution in [0.3, 0.4) is 0 Å². The van der Waals surface area contributed by atoms with Gasteiger partial charge in [-0.3, -0.25) is 14.2 Å². The molecule has 3 atom stereocenters. The molecule has 0 aromatic carbocycles. The largest absolute Gasteiger partial charge is 0.756 e. The third-order valence-corrected chi connectivity index (χ3v) is 20.4. The first-order valence-corrected chi connectivity index (χ1v) is 43.0. The molecule has 548 valence electrons. The number of likely N-dealkylation sites (N-methyl/N-ethyl adjacent to an activating group) is 1. The normalized spacial score (nSPS) is 13.3. The molecule has 0 bridgehead atoms. The third-order valence-electron chi connectivity index (χ3n) is 19.5. The monoisotopic (exact) mass is 1320 g/mol. The Morgan fingerprint density at radius 1 is 0.370 bits per heavy atom. The van der Waals surface area contributed by atoms with Gasteiger partial charge in [-0.15, -0.1) is 0 Å². The summed E-state index contributed by atoms with van der Waals surface area (Å²) < 4.78 is 30.6. The predicted octanol–water partition coefficient (Wildman–Crippen LogP) is 26.3. The van der Waals surface area contributed by atoms with Crippen LogP contribution in [0.15, 0.2) is 12.2 Å². The molecule has 0 aliphatic rings. The number of esters is 1. The number of hydrogen-bond acceptors (Lipinski definition) is 7. The smallest absolute Gasteiger partial charge is 0.306 e. The van der Waals surface area contributed by atoms with Crippen LogP contribution in [-0.4, -0.2) is 69.4 Å². The number of hydrogen-bond donors (Lipinski definition) is 1. The van der Waals surface area contributed by atoms with E-state index in [1.807, 2.05) is 33.3 Å². The van der Waals surface area contributed by atoms with Crippen LogP contribution in [0, 0.1) is 0 Å². The summed E-state index contributed by atoms with van der Waals surface area (Å²) in [5.41, 5.74) is 0. The van der Waals surface area contributed by atoms with Gasteiger partial charge in [-0.2, -0.15) is 0 Å². The summed E-state index contributed by atoms with van der Waals surface area (Å²) in [7, 11) is 1.22. The number of rotatable bonds is 78. The van der Waals surface area contributed by atoms with Gasteiger partial charge in [0.15, 0.2) is 0 Å². The molecule has 92 heavy (non-hydrogen) atoms. The second kappa shape index (κ2) is 72.5. The highest BCUT2D eigenvalue weighted by atomic mass is 31.2. The number of ether oxygens (including phenoxy) is 1. The van der Waals surface area contributed by atoms with Gasteiger partial charge in [0.25, 0.3) is 7.82 Å². The quantitative estimate of drug-likeness (QED) is 0.0212. The van der Waals surface area contributed by atoms with Crippen LogP contribution in [0.1, 0.15) is 451 Å². The van der Waals surface area contributed by atoms with Gasteiger partial charge in [0.05, 0.1) is 33.8 Å². The molecule has 0 aromatic rings. The lowest BCUT2D eigenvalue weighted by atomic mass is 10.0. The van der Waals surface area contributed by atoms with Gasteiger partial charge in [0.1, 0.15) is 19.3 Å². The molecule has 0 fully saturated rings. The van der Waals surface area contributed by atoms with Gasteiger partial charge in [0.2, 0.25) is 5.91 Å². The molecule has 9 nitrogen and oxygen atoms in total. The Kier molecular flexibility index (Phi) is 71.5. The maximum Gasteiger partial charge on any atom is 0.306 e. The Balaban J connectivity index is 4.82. The lowest BCUT2D eigenvalue weighted by Crippen LogP contribution is -2.47. The van der Waals surface area contributed by atoms with Gasteiger partial charge in [-0.05, 0) is 31.8 Å². The number of allylic oxidation sites excluding steroid dienone is 1. The first-order chi connectivity index (χ1) is 44.9. The first-order valence-electron chi connectivity index (χ1n) is 41.5. The van der Waals surface area contributed by atoms with Crippen LogP contribution in [-0.2, 0) is 27.9 Å². The first kappa shape index (κ1) is 90.8. The average molecular weight is 1320 g/mol. The van der Waals surface area contributed by atoms with Crippen LogP contribution in [0.2, 0.25) is 0 Å². The van der Waals surface area contributed by atoms with Gasteiger partial charge in [-0.1, -0.05) is 419 Å². The Bertz CT molecular complexity index is 1570. The molecule has 0 aliphatic carbocycles. The molecular formula is C82H163N2O7P. The number of carbonyl (C=O) groups is 2. The molecule has 0 saturated heterocycles. The Labute approximate surface area is 575 Å². The maximum absolute atomic E-state index is 13.7. The fraction of sp³-hybridized carbons (Fsp3) is 0.951. The van der Waals surface area contributed by atoms with Crippen molar-refractivity contribution in [3.8, 4) is 0 Å². The van der Waals surface area contributed by atoms with E-state index in [4.69, 9.17) is 13.8 Å². The van der Waals surface area contributed by atoms with Gasteiger partial charge < -0.3 is 28.5 Å². The van der Waals surface area contributed by atoms with E-state index in [1.165, 1.54) is 360 Å². The van der Waals surface area contributed by atoms with Gasteiger partial charge in [-0.25, -0.2) is 0 Å². The zero-order chi connectivity index (χ0) is 67.0. The number of phosphoric ester groups is 1. The molecule has 0 spiro atoms. The Hall–Kier alpha value is -1.25. The summed E-state index contributed by atoms with van der Waals surface area (Å²) in [6, 6.07) is -0.882. The minimum absolute atomic E-state index is 0.0161. The van der Waals surface area contributed by atoms with Crippen molar-refractivity contribution in [2.45, 2.75) is 463 Å². The number of carbonyl (C=O) groups excluding carboxylic acids is 2. The van der Waals surface area contributed by atoms with E-state index in [9.17, 15) is 19.0 Å². The van der Waals surface area contributed by atoms with E-state index in [1.54, 1.807) is 0 Å². The van der Waals surface area contributed by atoms with Crippen molar-refractivity contribution in [3.63, 3.8) is 0 Å². The van der Waals surface area contributed by atoms with Crippen LogP contribution in [0.5, 0.6) is 0 Å². The average Bonchev–Trinajstić information content (AvgIpc) is 3.25. The van der Waals surface area contributed by atoms with Crippen molar-refractivity contribution in [2.75, 3.05) is 40.9 Å². The summed E-state index contributed by atoms with van der Waals surface area (Å²) in [6.07, 6.45) is 89.5. The summed E-state index contributed by atoms with van der Waals surface area (Å²) >= 11 is 0.